The number of benzene rings is 1. The molecule has 0 aliphatic heterocycles. The van der Waals surface area contributed by atoms with Crippen molar-refractivity contribution in [3.05, 3.63) is 56.9 Å². The Balaban J connectivity index is 2.24. The van der Waals surface area contributed by atoms with E-state index in [1.165, 1.54) is 0 Å². The van der Waals surface area contributed by atoms with Crippen LogP contribution in [0.1, 0.15) is 52.5 Å². The number of amides is 2. The van der Waals surface area contributed by atoms with Gasteiger partial charge in [0.25, 0.3) is 0 Å². The first kappa shape index (κ1) is 26.1. The average Bonchev–Trinajstić information content (AvgIpc) is 3.02. The fraction of sp³-hybridized carbons (Fsp3) is 0.565. The van der Waals surface area contributed by atoms with E-state index < -0.39 is 35.0 Å². The van der Waals surface area contributed by atoms with Crippen LogP contribution in [0, 0.1) is 23.7 Å². The molecule has 10 heteroatoms. The molecular weight excluding hydrogens is 426 g/mol. The van der Waals surface area contributed by atoms with Crippen molar-refractivity contribution in [2.24, 2.45) is 23.7 Å². The second-order valence-corrected chi connectivity index (χ2v) is 9.21. The molecular formula is C23H35N5O5. The maximum atomic E-state index is 13.2. The van der Waals surface area contributed by atoms with Gasteiger partial charge in [-0.15, -0.1) is 4.68 Å². The Morgan fingerprint density at radius 3 is 2.24 bits per heavy atom. The second kappa shape index (κ2) is 12.2. The molecule has 0 unspecified atom stereocenters. The van der Waals surface area contributed by atoms with Crippen molar-refractivity contribution in [3.8, 4) is 0 Å². The Kier molecular flexibility index (Phi) is 9.65. The van der Waals surface area contributed by atoms with Gasteiger partial charge in [-0.2, -0.15) is 0 Å². The fourth-order valence-electron chi connectivity index (χ4n) is 3.93. The second-order valence-electron chi connectivity index (χ2n) is 9.21. The zero-order chi connectivity index (χ0) is 24.5. The number of rotatable bonds is 12. The quantitative estimate of drug-likeness (QED) is 0.282. The molecule has 2 atom stereocenters. The maximum Gasteiger partial charge on any atom is 0.366 e. The number of nitrogens with one attached hydrogen (secondary N) is 3. The van der Waals surface area contributed by atoms with Crippen LogP contribution >= 0.6 is 0 Å². The van der Waals surface area contributed by atoms with E-state index in [4.69, 9.17) is 0 Å². The molecule has 0 saturated heterocycles. The van der Waals surface area contributed by atoms with Crippen LogP contribution in [-0.2, 0) is 22.6 Å². The number of aryl methyl sites for hydroxylation is 1. The third-order valence-electron chi connectivity index (χ3n) is 5.44. The van der Waals surface area contributed by atoms with Crippen LogP contribution in [0.3, 0.4) is 0 Å². The Morgan fingerprint density at radius 1 is 1.00 bits per heavy atom. The molecule has 33 heavy (non-hydrogen) atoms. The van der Waals surface area contributed by atoms with Crippen molar-refractivity contribution in [2.75, 3.05) is 5.43 Å². The van der Waals surface area contributed by atoms with Crippen molar-refractivity contribution in [3.63, 3.8) is 0 Å². The summed E-state index contributed by atoms with van der Waals surface area (Å²) in [5.74, 6) is -2.78. The average molecular weight is 462 g/mol. The van der Waals surface area contributed by atoms with E-state index >= 15 is 0 Å². The van der Waals surface area contributed by atoms with Gasteiger partial charge in [-0.1, -0.05) is 58.0 Å². The molecule has 0 spiro atoms. The van der Waals surface area contributed by atoms with Gasteiger partial charge in [-0.05, 0) is 43.1 Å². The topological polar surface area (TPSA) is 138 Å². The molecule has 0 aliphatic carbocycles. The van der Waals surface area contributed by atoms with E-state index in [0.29, 0.717) is 36.9 Å². The summed E-state index contributed by atoms with van der Waals surface area (Å²) in [7, 11) is 0. The van der Waals surface area contributed by atoms with Gasteiger partial charge in [-0.3, -0.25) is 20.2 Å². The van der Waals surface area contributed by atoms with Gasteiger partial charge < -0.3 is 0 Å². The van der Waals surface area contributed by atoms with Crippen LogP contribution in [0.15, 0.2) is 39.9 Å². The lowest BCUT2D eigenvalue weighted by Gasteiger charge is -2.26. The Labute approximate surface area is 192 Å². The Hall–Kier alpha value is -3.14. The molecule has 0 radical (unpaired) electrons. The summed E-state index contributed by atoms with van der Waals surface area (Å²) >= 11 is 0. The molecule has 1 aromatic heterocycles. The third kappa shape index (κ3) is 7.45. The van der Waals surface area contributed by atoms with Gasteiger partial charge in [0.15, 0.2) is 0 Å². The smallest absolute Gasteiger partial charge is 0.289 e. The molecule has 1 heterocycles. The summed E-state index contributed by atoms with van der Waals surface area (Å²) in [5.41, 5.74) is 3.72. The number of hydroxylamine groups is 1. The standard InChI is InChI=1S/C23H35N5O5/c1-15(2)13-19(18(21(30)26-33)12-8-11-17-9-6-5-7-10-17)20(29)24-28-22(31)25-27(23(28)32)14-16(3)4/h5-7,9-10,15-16,18-19,33H,8,11-14H2,1-4H3,(H,24,29)(H,25,31)(H,26,30)/t18-,19+/m0/s1. The summed E-state index contributed by atoms with van der Waals surface area (Å²) < 4.78 is 1.78. The number of carbonyl (C=O) groups excluding carboxylic acids is 2. The normalized spacial score (nSPS) is 13.2. The highest BCUT2D eigenvalue weighted by atomic mass is 16.5. The molecule has 0 fully saturated rings. The third-order valence-corrected chi connectivity index (χ3v) is 5.44. The Bertz CT molecular complexity index is 1020. The highest BCUT2D eigenvalue weighted by Crippen LogP contribution is 2.26. The number of H-pyrrole nitrogens is 1. The van der Waals surface area contributed by atoms with E-state index in [1.807, 2.05) is 58.0 Å². The number of nitrogens with zero attached hydrogens (tertiary/aromatic N) is 2. The van der Waals surface area contributed by atoms with Gasteiger partial charge >= 0.3 is 11.4 Å². The summed E-state index contributed by atoms with van der Waals surface area (Å²) in [6.07, 6.45) is 2.03. The number of carbonyl (C=O) groups is 2. The minimum absolute atomic E-state index is 0.0596. The summed E-state index contributed by atoms with van der Waals surface area (Å²) in [6, 6.07) is 9.76. The van der Waals surface area contributed by atoms with Crippen LogP contribution in [0.25, 0.3) is 0 Å². The van der Waals surface area contributed by atoms with E-state index in [2.05, 4.69) is 10.5 Å². The van der Waals surface area contributed by atoms with Crippen molar-refractivity contribution < 1.29 is 14.8 Å². The van der Waals surface area contributed by atoms with E-state index in [-0.39, 0.29) is 11.8 Å². The molecule has 10 nitrogen and oxygen atoms in total. The maximum absolute atomic E-state index is 13.2. The van der Waals surface area contributed by atoms with Crippen LogP contribution in [-0.4, -0.2) is 31.5 Å². The largest absolute Gasteiger partial charge is 0.366 e. The molecule has 4 N–H and O–H groups in total. The SMILES string of the molecule is CC(C)C[C@@H](C(=O)Nn1c(=O)[nH]n(CC(C)C)c1=O)[C@H](CCCc1ccccc1)C(=O)NO. The lowest BCUT2D eigenvalue weighted by atomic mass is 9.81. The Morgan fingerprint density at radius 2 is 1.67 bits per heavy atom. The van der Waals surface area contributed by atoms with E-state index in [0.717, 1.165) is 10.2 Å². The molecule has 2 rings (SSSR count). The van der Waals surface area contributed by atoms with E-state index in [1.54, 1.807) is 5.48 Å². The van der Waals surface area contributed by atoms with Gasteiger partial charge in [0.2, 0.25) is 11.8 Å². The molecule has 182 valence electrons. The predicted octanol–water partition coefficient (Wildman–Crippen LogP) is 1.87. The van der Waals surface area contributed by atoms with Crippen molar-refractivity contribution in [2.45, 2.75) is 59.9 Å². The van der Waals surface area contributed by atoms with Gasteiger partial charge in [-0.25, -0.2) is 24.8 Å². The van der Waals surface area contributed by atoms with Gasteiger partial charge in [0.05, 0.1) is 11.8 Å². The number of aromatic amines is 1. The van der Waals surface area contributed by atoms with Crippen LogP contribution in [0.2, 0.25) is 0 Å². The summed E-state index contributed by atoms with van der Waals surface area (Å²) in [6.45, 7) is 7.91. The number of aromatic nitrogens is 3. The van der Waals surface area contributed by atoms with Crippen molar-refractivity contribution in [1.82, 2.24) is 19.9 Å². The van der Waals surface area contributed by atoms with Gasteiger partial charge in [0.1, 0.15) is 0 Å². The van der Waals surface area contributed by atoms with E-state index in [9.17, 15) is 24.4 Å². The summed E-state index contributed by atoms with van der Waals surface area (Å²) in [5, 5.41) is 11.7. The molecule has 1 aromatic carbocycles. The first-order valence-electron chi connectivity index (χ1n) is 11.3. The highest BCUT2D eigenvalue weighted by Gasteiger charge is 2.34. The molecule has 0 bridgehead atoms. The molecule has 0 saturated carbocycles. The van der Waals surface area contributed by atoms with Crippen LogP contribution in [0.5, 0.6) is 0 Å². The minimum atomic E-state index is -0.840. The zero-order valence-corrected chi connectivity index (χ0v) is 19.7. The minimum Gasteiger partial charge on any atom is -0.289 e. The lowest BCUT2D eigenvalue weighted by Crippen LogP contribution is -2.46. The molecule has 2 aromatic rings. The number of hydrogen-bond donors (Lipinski definition) is 4. The van der Waals surface area contributed by atoms with Crippen molar-refractivity contribution in [1.29, 1.82) is 0 Å². The first-order valence-corrected chi connectivity index (χ1v) is 11.3. The first-order chi connectivity index (χ1) is 15.6. The van der Waals surface area contributed by atoms with Gasteiger partial charge in [0, 0.05) is 6.54 Å². The van der Waals surface area contributed by atoms with Crippen LogP contribution < -0.4 is 22.3 Å². The van der Waals surface area contributed by atoms with Crippen LogP contribution in [0.4, 0.5) is 0 Å². The molecule has 0 aliphatic rings. The van der Waals surface area contributed by atoms with Crippen molar-refractivity contribution >= 4 is 11.8 Å². The number of hydrogen-bond acceptors (Lipinski definition) is 5. The fourth-order valence-corrected chi connectivity index (χ4v) is 3.93. The predicted molar refractivity (Wildman–Crippen MR) is 124 cm³/mol. The lowest BCUT2D eigenvalue weighted by molar-refractivity contribution is -0.139. The summed E-state index contributed by atoms with van der Waals surface area (Å²) in [4.78, 5) is 50.5. The zero-order valence-electron chi connectivity index (χ0n) is 19.7. The molecule has 2 amide bonds. The monoisotopic (exact) mass is 461 g/mol. The highest BCUT2D eigenvalue weighted by molar-refractivity contribution is 5.91.